The third-order valence-corrected chi connectivity index (χ3v) is 3.74. The van der Waals surface area contributed by atoms with Crippen molar-refractivity contribution in [2.45, 2.75) is 12.9 Å². The number of ether oxygens (including phenoxy) is 1. The number of hydrogen-bond acceptors (Lipinski definition) is 3. The number of alkyl halides is 4. The zero-order valence-corrected chi connectivity index (χ0v) is 11.1. The van der Waals surface area contributed by atoms with Gasteiger partial charge in [0.05, 0.1) is 5.75 Å². The van der Waals surface area contributed by atoms with Gasteiger partial charge in [-0.05, 0) is 17.7 Å². The quantitative estimate of drug-likeness (QED) is 0.819. The molecular weight excluding hydrogens is 307 g/mol. The first-order valence-corrected chi connectivity index (χ1v) is 7.28. The van der Waals surface area contributed by atoms with Crippen LogP contribution in [-0.4, -0.2) is 26.4 Å². The first-order valence-electron chi connectivity index (χ1n) is 5.10. The second-order valence-corrected chi connectivity index (χ2v) is 5.83. The van der Waals surface area contributed by atoms with E-state index in [9.17, 15) is 21.6 Å². The molecule has 0 aliphatic heterocycles. The molecule has 9 heteroatoms. The fourth-order valence-corrected chi connectivity index (χ4v) is 2.52. The number of sulfonamides is 1. The van der Waals surface area contributed by atoms with Crippen molar-refractivity contribution in [1.82, 2.24) is 4.72 Å². The molecule has 1 aromatic rings. The molecule has 0 radical (unpaired) electrons. The Morgan fingerprint density at radius 2 is 1.79 bits per heavy atom. The zero-order valence-electron chi connectivity index (χ0n) is 9.58. The van der Waals surface area contributed by atoms with Crippen molar-refractivity contribution in [3.63, 3.8) is 0 Å². The van der Waals surface area contributed by atoms with E-state index in [4.69, 9.17) is 11.6 Å². The number of nitrogens with one attached hydrogen (secondary N) is 1. The van der Waals surface area contributed by atoms with E-state index in [2.05, 4.69) is 9.46 Å². The summed E-state index contributed by atoms with van der Waals surface area (Å²) in [4.78, 5) is 0. The minimum absolute atomic E-state index is 0.0223. The van der Waals surface area contributed by atoms with Crippen molar-refractivity contribution >= 4 is 21.6 Å². The second kappa shape index (κ2) is 6.44. The van der Waals surface area contributed by atoms with E-state index in [0.717, 1.165) is 12.1 Å². The van der Waals surface area contributed by atoms with E-state index in [0.29, 0.717) is 5.56 Å². The van der Waals surface area contributed by atoms with Crippen molar-refractivity contribution in [2.24, 2.45) is 0 Å². The van der Waals surface area contributed by atoms with Gasteiger partial charge >= 0.3 is 6.36 Å². The maximum absolute atomic E-state index is 11.9. The molecule has 0 bridgehead atoms. The Balaban J connectivity index is 2.58. The summed E-state index contributed by atoms with van der Waals surface area (Å²) in [6, 6.07) is 4.89. The molecule has 0 aromatic heterocycles. The predicted octanol–water partition coefficient (Wildman–Crippen LogP) is 2.24. The molecule has 0 aliphatic carbocycles. The highest BCUT2D eigenvalue weighted by Crippen LogP contribution is 2.22. The molecule has 4 nitrogen and oxygen atoms in total. The van der Waals surface area contributed by atoms with Gasteiger partial charge in [-0.15, -0.1) is 24.8 Å². The second-order valence-electron chi connectivity index (χ2n) is 3.52. The topological polar surface area (TPSA) is 55.4 Å². The van der Waals surface area contributed by atoms with Crippen LogP contribution in [0.4, 0.5) is 13.2 Å². The van der Waals surface area contributed by atoms with Gasteiger partial charge in [-0.1, -0.05) is 12.1 Å². The molecule has 108 valence electrons. The van der Waals surface area contributed by atoms with E-state index in [1.54, 1.807) is 0 Å². The van der Waals surface area contributed by atoms with Crippen LogP contribution in [0.15, 0.2) is 24.3 Å². The van der Waals surface area contributed by atoms with Crippen molar-refractivity contribution < 1.29 is 26.3 Å². The minimum atomic E-state index is -4.75. The van der Waals surface area contributed by atoms with Gasteiger partial charge in [-0.3, -0.25) is 0 Å². The highest BCUT2D eigenvalue weighted by atomic mass is 35.5. The minimum Gasteiger partial charge on any atom is -0.406 e. The Kier molecular flexibility index (Phi) is 5.45. The largest absolute Gasteiger partial charge is 0.573 e. The van der Waals surface area contributed by atoms with Gasteiger partial charge in [-0.25, -0.2) is 13.1 Å². The standard InChI is InChI=1S/C10H11ClF3NO3S/c11-5-6-19(16,17)15-7-8-1-3-9(4-2-8)18-10(12,13)14/h1-4,15H,5-7H2. The summed E-state index contributed by atoms with van der Waals surface area (Å²) in [5, 5.41) is 0. The molecule has 0 saturated carbocycles. The maximum atomic E-state index is 11.9. The smallest absolute Gasteiger partial charge is 0.406 e. The molecule has 0 aliphatic rings. The van der Waals surface area contributed by atoms with Crippen LogP contribution in [0.3, 0.4) is 0 Å². The van der Waals surface area contributed by atoms with Crippen LogP contribution in [-0.2, 0) is 16.6 Å². The summed E-state index contributed by atoms with van der Waals surface area (Å²) >= 11 is 5.31. The normalized spacial score (nSPS) is 12.4. The SMILES string of the molecule is O=S(=O)(CCCl)NCc1ccc(OC(F)(F)F)cc1. The Bertz CT molecular complexity index is 502. The fourth-order valence-electron chi connectivity index (χ4n) is 1.18. The first-order chi connectivity index (χ1) is 8.72. The molecule has 1 N–H and O–H groups in total. The van der Waals surface area contributed by atoms with Gasteiger partial charge in [0.25, 0.3) is 0 Å². The number of benzene rings is 1. The van der Waals surface area contributed by atoms with Crippen LogP contribution in [0.25, 0.3) is 0 Å². The molecule has 0 spiro atoms. The molecule has 1 rings (SSSR count). The molecular formula is C10H11ClF3NO3S. The summed E-state index contributed by atoms with van der Waals surface area (Å²) in [7, 11) is -3.46. The van der Waals surface area contributed by atoms with Crippen LogP contribution in [0.2, 0.25) is 0 Å². The Morgan fingerprint density at radius 3 is 2.26 bits per heavy atom. The van der Waals surface area contributed by atoms with Crippen molar-refractivity contribution in [3.8, 4) is 5.75 Å². The molecule has 1 aromatic carbocycles. The summed E-state index contributed by atoms with van der Waals surface area (Å²) in [6.07, 6.45) is -4.75. The van der Waals surface area contributed by atoms with Gasteiger partial charge in [0.1, 0.15) is 5.75 Å². The van der Waals surface area contributed by atoms with Gasteiger partial charge in [0, 0.05) is 12.4 Å². The van der Waals surface area contributed by atoms with Gasteiger partial charge in [0.15, 0.2) is 0 Å². The average Bonchev–Trinajstić information content (AvgIpc) is 2.26. The molecule has 19 heavy (non-hydrogen) atoms. The van der Waals surface area contributed by atoms with Gasteiger partial charge < -0.3 is 4.74 Å². The molecule has 0 atom stereocenters. The van der Waals surface area contributed by atoms with Crippen molar-refractivity contribution in [2.75, 3.05) is 11.6 Å². The van der Waals surface area contributed by atoms with Crippen LogP contribution in [0.5, 0.6) is 5.75 Å². The van der Waals surface area contributed by atoms with Gasteiger partial charge in [0.2, 0.25) is 10.0 Å². The zero-order chi connectivity index (χ0) is 14.5. The van der Waals surface area contributed by atoms with E-state index in [-0.39, 0.29) is 23.9 Å². The summed E-state index contributed by atoms with van der Waals surface area (Å²) in [5.41, 5.74) is 0.507. The van der Waals surface area contributed by atoms with E-state index < -0.39 is 16.4 Å². The lowest BCUT2D eigenvalue weighted by atomic mass is 10.2. The lowest BCUT2D eigenvalue weighted by Gasteiger charge is -2.09. The number of rotatable bonds is 6. The van der Waals surface area contributed by atoms with Crippen LogP contribution in [0, 0.1) is 0 Å². The molecule has 0 amide bonds. The highest BCUT2D eigenvalue weighted by Gasteiger charge is 2.30. The van der Waals surface area contributed by atoms with Crippen LogP contribution >= 0.6 is 11.6 Å². The Hall–Kier alpha value is -0.990. The summed E-state index contributed by atoms with van der Waals surface area (Å²) < 4.78 is 64.2. The third-order valence-electron chi connectivity index (χ3n) is 2.00. The molecule has 0 saturated heterocycles. The molecule has 0 fully saturated rings. The van der Waals surface area contributed by atoms with E-state index in [1.165, 1.54) is 12.1 Å². The molecule has 0 heterocycles. The predicted molar refractivity (Wildman–Crippen MR) is 64.5 cm³/mol. The highest BCUT2D eigenvalue weighted by molar-refractivity contribution is 7.89. The van der Waals surface area contributed by atoms with E-state index in [1.807, 2.05) is 0 Å². The van der Waals surface area contributed by atoms with Crippen molar-refractivity contribution in [3.05, 3.63) is 29.8 Å². The lowest BCUT2D eigenvalue weighted by molar-refractivity contribution is -0.274. The Labute approximate surface area is 113 Å². The average molecular weight is 318 g/mol. The van der Waals surface area contributed by atoms with Crippen molar-refractivity contribution in [1.29, 1.82) is 0 Å². The van der Waals surface area contributed by atoms with E-state index >= 15 is 0 Å². The van der Waals surface area contributed by atoms with Crippen LogP contribution < -0.4 is 9.46 Å². The maximum Gasteiger partial charge on any atom is 0.573 e. The third kappa shape index (κ3) is 6.65. The number of halogens is 4. The fraction of sp³-hybridized carbons (Fsp3) is 0.400. The van der Waals surface area contributed by atoms with Crippen LogP contribution in [0.1, 0.15) is 5.56 Å². The molecule has 0 unspecified atom stereocenters. The number of hydrogen-bond donors (Lipinski definition) is 1. The summed E-state index contributed by atoms with van der Waals surface area (Å²) in [5.74, 6) is -0.614. The van der Waals surface area contributed by atoms with Gasteiger partial charge in [-0.2, -0.15) is 0 Å². The summed E-state index contributed by atoms with van der Waals surface area (Å²) in [6.45, 7) is -0.0223. The first kappa shape index (κ1) is 16.1. The lowest BCUT2D eigenvalue weighted by Crippen LogP contribution is -2.26. The Morgan fingerprint density at radius 1 is 1.21 bits per heavy atom. The monoisotopic (exact) mass is 317 g/mol.